The van der Waals surface area contributed by atoms with Gasteiger partial charge in [-0.1, -0.05) is 18.2 Å². The molecule has 1 atom stereocenters. The SMILES string of the molecule is Cc1cccc(-c2ccc(O[C@H]3CN4CCC3CC4)cn2)c1C. The summed E-state index contributed by atoms with van der Waals surface area (Å²) in [6.45, 7) is 7.86. The van der Waals surface area contributed by atoms with Gasteiger partial charge in [0.25, 0.3) is 0 Å². The van der Waals surface area contributed by atoms with Gasteiger partial charge in [-0.2, -0.15) is 0 Å². The van der Waals surface area contributed by atoms with E-state index >= 15 is 0 Å². The summed E-state index contributed by atoms with van der Waals surface area (Å²) in [5.41, 5.74) is 4.83. The van der Waals surface area contributed by atoms with Gasteiger partial charge in [-0.25, -0.2) is 0 Å². The van der Waals surface area contributed by atoms with Crippen LogP contribution in [-0.2, 0) is 0 Å². The average molecular weight is 308 g/mol. The van der Waals surface area contributed by atoms with Crippen molar-refractivity contribution in [3.63, 3.8) is 0 Å². The molecule has 1 aromatic carbocycles. The first-order valence-electron chi connectivity index (χ1n) is 8.62. The van der Waals surface area contributed by atoms with Crippen molar-refractivity contribution in [3.05, 3.63) is 47.7 Å². The highest BCUT2D eigenvalue weighted by atomic mass is 16.5. The van der Waals surface area contributed by atoms with E-state index in [4.69, 9.17) is 4.74 Å². The van der Waals surface area contributed by atoms with Crippen LogP contribution in [0.25, 0.3) is 11.3 Å². The van der Waals surface area contributed by atoms with Gasteiger partial charge in [0.05, 0.1) is 11.9 Å². The third-order valence-electron chi connectivity index (χ3n) is 5.50. The van der Waals surface area contributed by atoms with Crippen LogP contribution in [0.3, 0.4) is 0 Å². The molecule has 3 saturated heterocycles. The molecule has 3 heteroatoms. The van der Waals surface area contributed by atoms with Gasteiger partial charge >= 0.3 is 0 Å². The normalized spacial score (nSPS) is 26.3. The van der Waals surface area contributed by atoms with E-state index in [9.17, 15) is 0 Å². The molecule has 4 heterocycles. The lowest BCUT2D eigenvalue weighted by atomic mass is 9.86. The lowest BCUT2D eigenvalue weighted by molar-refractivity contribution is -0.00791. The minimum absolute atomic E-state index is 0.339. The third kappa shape index (κ3) is 2.86. The number of piperidine rings is 3. The fourth-order valence-electron chi connectivity index (χ4n) is 3.86. The molecule has 5 rings (SSSR count). The standard InChI is InChI=1S/C20H24N2O/c1-14-4-3-5-18(15(14)2)19-7-6-17(12-21-19)23-20-13-22-10-8-16(20)9-11-22/h3-7,12,16,20H,8-11,13H2,1-2H3/t20-/m0/s1. The van der Waals surface area contributed by atoms with Crippen LogP contribution in [0.2, 0.25) is 0 Å². The van der Waals surface area contributed by atoms with E-state index in [1.807, 2.05) is 6.20 Å². The number of hydrogen-bond acceptors (Lipinski definition) is 3. The molecule has 3 aliphatic heterocycles. The second-order valence-corrected chi connectivity index (χ2v) is 6.92. The van der Waals surface area contributed by atoms with Crippen molar-refractivity contribution >= 4 is 0 Å². The summed E-state index contributed by atoms with van der Waals surface area (Å²) in [6.07, 6.45) is 4.78. The van der Waals surface area contributed by atoms with Crippen LogP contribution in [0.1, 0.15) is 24.0 Å². The van der Waals surface area contributed by atoms with E-state index in [-0.39, 0.29) is 0 Å². The van der Waals surface area contributed by atoms with Crippen molar-refractivity contribution in [2.24, 2.45) is 5.92 Å². The van der Waals surface area contributed by atoms with Crippen LogP contribution in [0.15, 0.2) is 36.5 Å². The third-order valence-corrected chi connectivity index (χ3v) is 5.50. The average Bonchev–Trinajstić information content (AvgIpc) is 2.59. The molecular weight excluding hydrogens is 284 g/mol. The highest BCUT2D eigenvalue weighted by Crippen LogP contribution is 2.31. The number of fused-ring (bicyclic) bond motifs is 3. The second kappa shape index (κ2) is 5.97. The number of hydrogen-bond donors (Lipinski definition) is 0. The molecule has 23 heavy (non-hydrogen) atoms. The Kier molecular flexibility index (Phi) is 3.82. The van der Waals surface area contributed by atoms with Gasteiger partial charge in [0, 0.05) is 12.1 Å². The van der Waals surface area contributed by atoms with Gasteiger partial charge < -0.3 is 4.74 Å². The Morgan fingerprint density at radius 2 is 1.91 bits per heavy atom. The van der Waals surface area contributed by atoms with Crippen LogP contribution in [0.5, 0.6) is 5.75 Å². The number of aromatic nitrogens is 1. The van der Waals surface area contributed by atoms with E-state index < -0.39 is 0 Å². The zero-order valence-corrected chi connectivity index (χ0v) is 14.0. The van der Waals surface area contributed by atoms with Crippen molar-refractivity contribution in [3.8, 4) is 17.0 Å². The van der Waals surface area contributed by atoms with E-state index in [1.54, 1.807) is 0 Å². The molecule has 2 bridgehead atoms. The quantitative estimate of drug-likeness (QED) is 0.861. The minimum Gasteiger partial charge on any atom is -0.487 e. The molecule has 3 nitrogen and oxygen atoms in total. The molecule has 0 unspecified atom stereocenters. The Labute approximate surface area is 138 Å². The molecule has 0 spiro atoms. The van der Waals surface area contributed by atoms with Crippen molar-refractivity contribution in [2.45, 2.75) is 32.8 Å². The monoisotopic (exact) mass is 308 g/mol. The van der Waals surface area contributed by atoms with Gasteiger partial charge in [-0.3, -0.25) is 9.88 Å². The molecule has 120 valence electrons. The van der Waals surface area contributed by atoms with Crippen LogP contribution in [0, 0.1) is 19.8 Å². The zero-order chi connectivity index (χ0) is 15.8. The van der Waals surface area contributed by atoms with Crippen LogP contribution < -0.4 is 4.74 Å². The lowest BCUT2D eigenvalue weighted by Crippen LogP contribution is -2.52. The zero-order valence-electron chi connectivity index (χ0n) is 14.0. The Morgan fingerprint density at radius 1 is 1.09 bits per heavy atom. The summed E-state index contributed by atoms with van der Waals surface area (Å²) in [5, 5.41) is 0. The van der Waals surface area contributed by atoms with Crippen LogP contribution in [0.4, 0.5) is 0 Å². The first kappa shape index (κ1) is 14.7. The molecule has 3 aliphatic rings. The van der Waals surface area contributed by atoms with Gasteiger partial charge in [0.2, 0.25) is 0 Å². The maximum atomic E-state index is 6.23. The molecule has 2 aromatic rings. The summed E-state index contributed by atoms with van der Waals surface area (Å²) in [6, 6.07) is 10.5. The fourth-order valence-corrected chi connectivity index (χ4v) is 3.86. The second-order valence-electron chi connectivity index (χ2n) is 6.92. The van der Waals surface area contributed by atoms with Crippen molar-refractivity contribution in [1.29, 1.82) is 0 Å². The number of nitrogens with zero attached hydrogens (tertiary/aromatic N) is 2. The Bertz CT molecular complexity index is 687. The topological polar surface area (TPSA) is 25.4 Å². The fraction of sp³-hybridized carbons (Fsp3) is 0.450. The Balaban J connectivity index is 1.51. The van der Waals surface area contributed by atoms with Gasteiger partial charge in [0.15, 0.2) is 0 Å². The highest BCUT2D eigenvalue weighted by Gasteiger charge is 2.35. The lowest BCUT2D eigenvalue weighted by Gasteiger charge is -2.44. The smallest absolute Gasteiger partial charge is 0.138 e. The van der Waals surface area contributed by atoms with Crippen molar-refractivity contribution < 1.29 is 4.74 Å². The van der Waals surface area contributed by atoms with Crippen LogP contribution in [-0.4, -0.2) is 35.6 Å². The molecule has 0 aliphatic carbocycles. The summed E-state index contributed by atoms with van der Waals surface area (Å²) >= 11 is 0. The number of pyridine rings is 1. The number of rotatable bonds is 3. The molecule has 0 amide bonds. The minimum atomic E-state index is 0.339. The first-order valence-corrected chi connectivity index (χ1v) is 8.62. The summed E-state index contributed by atoms with van der Waals surface area (Å²) < 4.78 is 6.23. The maximum Gasteiger partial charge on any atom is 0.138 e. The Morgan fingerprint density at radius 3 is 2.57 bits per heavy atom. The molecule has 3 fully saturated rings. The Hall–Kier alpha value is -1.87. The largest absolute Gasteiger partial charge is 0.487 e. The predicted octanol–water partition coefficient (Wildman–Crippen LogP) is 3.84. The number of aryl methyl sites for hydroxylation is 1. The molecule has 0 radical (unpaired) electrons. The first-order chi connectivity index (χ1) is 11.2. The van der Waals surface area contributed by atoms with E-state index in [1.165, 1.54) is 42.6 Å². The summed E-state index contributed by atoms with van der Waals surface area (Å²) in [5.74, 6) is 1.62. The van der Waals surface area contributed by atoms with E-state index in [0.717, 1.165) is 23.9 Å². The number of benzene rings is 1. The highest BCUT2D eigenvalue weighted by molar-refractivity contribution is 5.65. The summed E-state index contributed by atoms with van der Waals surface area (Å²) in [4.78, 5) is 7.16. The number of ether oxygens (including phenoxy) is 1. The van der Waals surface area contributed by atoms with E-state index in [2.05, 4.69) is 54.1 Å². The maximum absolute atomic E-state index is 6.23. The molecule has 0 saturated carbocycles. The van der Waals surface area contributed by atoms with Crippen molar-refractivity contribution in [1.82, 2.24) is 9.88 Å². The predicted molar refractivity (Wildman–Crippen MR) is 92.7 cm³/mol. The van der Waals surface area contributed by atoms with Crippen LogP contribution >= 0.6 is 0 Å². The van der Waals surface area contributed by atoms with Crippen molar-refractivity contribution in [2.75, 3.05) is 19.6 Å². The van der Waals surface area contributed by atoms with Gasteiger partial charge in [0.1, 0.15) is 11.9 Å². The molecule has 0 N–H and O–H groups in total. The van der Waals surface area contributed by atoms with E-state index in [0.29, 0.717) is 6.10 Å². The van der Waals surface area contributed by atoms with Gasteiger partial charge in [-0.15, -0.1) is 0 Å². The summed E-state index contributed by atoms with van der Waals surface area (Å²) in [7, 11) is 0. The molecular formula is C20H24N2O. The molecule has 1 aromatic heterocycles. The van der Waals surface area contributed by atoms with Gasteiger partial charge in [-0.05, 0) is 69.0 Å².